The summed E-state index contributed by atoms with van der Waals surface area (Å²) in [7, 11) is 0. The average molecular weight is 317 g/mol. The molecule has 6 heteroatoms. The van der Waals surface area contributed by atoms with Crippen LogP contribution in [0.25, 0.3) is 16.9 Å². The Morgan fingerprint density at radius 1 is 1.04 bits per heavy atom. The van der Waals surface area contributed by atoms with E-state index in [9.17, 15) is 4.79 Å². The Morgan fingerprint density at radius 2 is 1.88 bits per heavy atom. The van der Waals surface area contributed by atoms with Crippen molar-refractivity contribution in [2.45, 2.75) is 13.5 Å². The van der Waals surface area contributed by atoms with Gasteiger partial charge in [0.15, 0.2) is 11.2 Å². The zero-order valence-corrected chi connectivity index (χ0v) is 13.1. The van der Waals surface area contributed by atoms with Gasteiger partial charge in [-0.15, -0.1) is 5.10 Å². The topological polar surface area (TPSA) is 65.6 Å². The molecule has 6 nitrogen and oxygen atoms in total. The van der Waals surface area contributed by atoms with Crippen LogP contribution in [0.3, 0.4) is 0 Å². The first-order valence-corrected chi connectivity index (χ1v) is 7.64. The Labute approximate surface area is 138 Å². The van der Waals surface area contributed by atoms with E-state index in [0.29, 0.717) is 12.2 Å². The van der Waals surface area contributed by atoms with E-state index in [1.165, 1.54) is 0 Å². The quantitative estimate of drug-likeness (QED) is 0.582. The van der Waals surface area contributed by atoms with Crippen molar-refractivity contribution < 1.29 is 0 Å². The molecular formula is C18H15N5O. The van der Waals surface area contributed by atoms with Gasteiger partial charge in [-0.2, -0.15) is 4.68 Å². The van der Waals surface area contributed by atoms with Crippen molar-refractivity contribution in [3.63, 3.8) is 0 Å². The molecule has 4 rings (SSSR count). The molecule has 0 aliphatic carbocycles. The lowest BCUT2D eigenvalue weighted by Gasteiger charge is -2.06. The van der Waals surface area contributed by atoms with Gasteiger partial charge in [-0.1, -0.05) is 47.7 Å². The number of aromatic nitrogens is 5. The fourth-order valence-corrected chi connectivity index (χ4v) is 2.67. The van der Waals surface area contributed by atoms with E-state index in [1.807, 2.05) is 61.5 Å². The third-order valence-electron chi connectivity index (χ3n) is 3.87. The minimum absolute atomic E-state index is 0.192. The summed E-state index contributed by atoms with van der Waals surface area (Å²) in [5, 5.41) is 8.15. The molecule has 0 fully saturated rings. The second-order valence-electron chi connectivity index (χ2n) is 5.68. The van der Waals surface area contributed by atoms with E-state index >= 15 is 0 Å². The van der Waals surface area contributed by atoms with Crippen LogP contribution < -0.4 is 5.56 Å². The molecular weight excluding hydrogens is 302 g/mol. The van der Waals surface area contributed by atoms with Crippen molar-refractivity contribution >= 4 is 11.2 Å². The molecule has 2 heterocycles. The molecule has 118 valence electrons. The Bertz CT molecular complexity index is 1070. The number of hydrogen-bond donors (Lipinski definition) is 0. The number of hydrogen-bond acceptors (Lipinski definition) is 4. The second-order valence-corrected chi connectivity index (χ2v) is 5.68. The van der Waals surface area contributed by atoms with Crippen molar-refractivity contribution in [1.82, 2.24) is 24.5 Å². The third-order valence-corrected chi connectivity index (χ3v) is 3.87. The summed E-state index contributed by atoms with van der Waals surface area (Å²) in [6.45, 7) is 2.46. The maximum absolute atomic E-state index is 12.7. The van der Waals surface area contributed by atoms with Gasteiger partial charge in [-0.3, -0.25) is 9.36 Å². The molecule has 0 bridgehead atoms. The lowest BCUT2D eigenvalue weighted by Crippen LogP contribution is -2.21. The minimum atomic E-state index is -0.192. The second kappa shape index (κ2) is 5.73. The van der Waals surface area contributed by atoms with Crippen LogP contribution in [0.4, 0.5) is 0 Å². The Hall–Kier alpha value is -3.28. The smallest absolute Gasteiger partial charge is 0.283 e. The highest BCUT2D eigenvalue weighted by Gasteiger charge is 2.13. The third kappa shape index (κ3) is 2.48. The first-order chi connectivity index (χ1) is 11.7. The highest BCUT2D eigenvalue weighted by Crippen LogP contribution is 2.13. The van der Waals surface area contributed by atoms with E-state index in [4.69, 9.17) is 0 Å². The van der Waals surface area contributed by atoms with Crippen LogP contribution in [0, 0.1) is 6.92 Å². The fraction of sp³-hybridized carbons (Fsp3) is 0.111. The molecule has 0 amide bonds. The molecule has 0 aliphatic heterocycles. The minimum Gasteiger partial charge on any atom is -0.293 e. The van der Waals surface area contributed by atoms with Crippen LogP contribution in [-0.2, 0) is 6.54 Å². The molecule has 0 radical (unpaired) electrons. The number of rotatable bonds is 3. The van der Waals surface area contributed by atoms with Crippen LogP contribution in [0.15, 0.2) is 65.7 Å². The zero-order valence-electron chi connectivity index (χ0n) is 13.1. The summed E-state index contributed by atoms with van der Waals surface area (Å²) >= 11 is 0. The number of fused-ring (bicyclic) bond motifs is 1. The van der Waals surface area contributed by atoms with Crippen LogP contribution in [0.1, 0.15) is 11.1 Å². The molecule has 2 aromatic carbocycles. The van der Waals surface area contributed by atoms with E-state index < -0.39 is 0 Å². The summed E-state index contributed by atoms with van der Waals surface area (Å²) in [6, 6.07) is 17.6. The van der Waals surface area contributed by atoms with Gasteiger partial charge in [0.1, 0.15) is 6.33 Å². The van der Waals surface area contributed by atoms with Gasteiger partial charge in [-0.25, -0.2) is 4.98 Å². The monoisotopic (exact) mass is 317 g/mol. The maximum Gasteiger partial charge on any atom is 0.283 e. The molecule has 0 atom stereocenters. The summed E-state index contributed by atoms with van der Waals surface area (Å²) in [6.07, 6.45) is 1.55. The van der Waals surface area contributed by atoms with Crippen LogP contribution in [0.5, 0.6) is 0 Å². The Kier molecular flexibility index (Phi) is 3.42. The molecule has 0 unspecified atom stereocenters. The van der Waals surface area contributed by atoms with E-state index in [0.717, 1.165) is 16.8 Å². The molecule has 0 saturated carbocycles. The average Bonchev–Trinajstić information content (AvgIpc) is 3.03. The van der Waals surface area contributed by atoms with Gasteiger partial charge in [-0.05, 0) is 30.2 Å². The first kappa shape index (κ1) is 14.3. The maximum atomic E-state index is 12.7. The van der Waals surface area contributed by atoms with E-state index in [2.05, 4.69) is 15.3 Å². The van der Waals surface area contributed by atoms with Gasteiger partial charge in [0.25, 0.3) is 5.56 Å². The van der Waals surface area contributed by atoms with Crippen LogP contribution in [0.2, 0.25) is 0 Å². The number of nitrogens with zero attached hydrogens (tertiary/aromatic N) is 5. The van der Waals surface area contributed by atoms with Gasteiger partial charge >= 0.3 is 0 Å². The van der Waals surface area contributed by atoms with Crippen molar-refractivity contribution in [2.75, 3.05) is 0 Å². The molecule has 0 saturated heterocycles. The number of benzene rings is 2. The summed E-state index contributed by atoms with van der Waals surface area (Å²) in [4.78, 5) is 17.1. The molecule has 4 aromatic rings. The number of aryl methyl sites for hydroxylation is 1. The lowest BCUT2D eigenvalue weighted by molar-refractivity contribution is 0.745. The van der Waals surface area contributed by atoms with Crippen molar-refractivity contribution in [2.24, 2.45) is 0 Å². The predicted octanol–water partition coefficient (Wildman–Crippen LogP) is 2.33. The zero-order chi connectivity index (χ0) is 16.5. The molecule has 0 N–H and O–H groups in total. The van der Waals surface area contributed by atoms with Crippen molar-refractivity contribution in [3.8, 4) is 5.69 Å². The summed E-state index contributed by atoms with van der Waals surface area (Å²) in [5.41, 5.74) is 3.53. The standard InChI is InChI=1S/C18H15N5O/c1-13-6-5-9-15(10-13)23-17-16(20-21-23)18(24)22(12-19-17)11-14-7-3-2-4-8-14/h2-10,12H,11H2,1H3. The van der Waals surface area contributed by atoms with E-state index in [1.54, 1.807) is 15.6 Å². The Balaban J connectivity index is 1.80. The van der Waals surface area contributed by atoms with Crippen LogP contribution in [-0.4, -0.2) is 24.5 Å². The highest BCUT2D eigenvalue weighted by atomic mass is 16.1. The Morgan fingerprint density at radius 3 is 2.67 bits per heavy atom. The van der Waals surface area contributed by atoms with Crippen molar-refractivity contribution in [1.29, 1.82) is 0 Å². The fourth-order valence-electron chi connectivity index (χ4n) is 2.67. The van der Waals surface area contributed by atoms with Gasteiger partial charge in [0, 0.05) is 0 Å². The predicted molar refractivity (Wildman–Crippen MR) is 91.2 cm³/mol. The van der Waals surface area contributed by atoms with Gasteiger partial charge in [0.05, 0.1) is 12.2 Å². The molecule has 24 heavy (non-hydrogen) atoms. The lowest BCUT2D eigenvalue weighted by atomic mass is 10.2. The van der Waals surface area contributed by atoms with Gasteiger partial charge < -0.3 is 0 Å². The molecule has 0 aliphatic rings. The summed E-state index contributed by atoms with van der Waals surface area (Å²) in [5.74, 6) is 0. The largest absolute Gasteiger partial charge is 0.293 e. The summed E-state index contributed by atoms with van der Waals surface area (Å²) < 4.78 is 3.14. The van der Waals surface area contributed by atoms with E-state index in [-0.39, 0.29) is 11.1 Å². The van der Waals surface area contributed by atoms with Gasteiger partial charge in [0.2, 0.25) is 0 Å². The first-order valence-electron chi connectivity index (χ1n) is 7.64. The van der Waals surface area contributed by atoms with Crippen LogP contribution >= 0.6 is 0 Å². The SMILES string of the molecule is Cc1cccc(-n2nnc3c(=O)n(Cc4ccccc4)cnc32)c1. The highest BCUT2D eigenvalue weighted by molar-refractivity contribution is 5.70. The van der Waals surface area contributed by atoms with Crippen molar-refractivity contribution in [3.05, 3.63) is 82.4 Å². The molecule has 2 aromatic heterocycles. The molecule has 0 spiro atoms. The normalized spacial score (nSPS) is 11.0.